The van der Waals surface area contributed by atoms with E-state index in [2.05, 4.69) is 29.6 Å². The smallest absolute Gasteiger partial charge is 0.312 e. The van der Waals surface area contributed by atoms with E-state index in [0.717, 1.165) is 38.0 Å². The average molecular weight is 428 g/mol. The molecule has 0 radical (unpaired) electrons. The van der Waals surface area contributed by atoms with E-state index < -0.39 is 11.8 Å². The van der Waals surface area contributed by atoms with Gasteiger partial charge >= 0.3 is 5.97 Å². The van der Waals surface area contributed by atoms with Crippen LogP contribution in [0.25, 0.3) is 0 Å². The molecule has 1 aromatic rings. The summed E-state index contributed by atoms with van der Waals surface area (Å²) in [6.45, 7) is 5.56. The summed E-state index contributed by atoms with van der Waals surface area (Å²) in [6, 6.07) is 7.22. The summed E-state index contributed by atoms with van der Waals surface area (Å²) in [5.74, 6) is 0.734. The van der Waals surface area contributed by atoms with Crippen LogP contribution in [0.15, 0.2) is 24.3 Å². The van der Waals surface area contributed by atoms with Crippen LogP contribution in [0.5, 0.6) is 0 Å². The molecule has 0 aromatic heterocycles. The molecule has 5 rings (SSSR count). The molecule has 4 bridgehead atoms. The third-order valence-corrected chi connectivity index (χ3v) is 7.38. The van der Waals surface area contributed by atoms with Crippen molar-refractivity contribution in [1.29, 1.82) is 0 Å². The minimum Gasteiger partial charge on any atom is -0.455 e. The molecule has 0 atom stereocenters. The number of anilines is 1. The van der Waals surface area contributed by atoms with Crippen molar-refractivity contribution in [1.82, 2.24) is 10.9 Å². The maximum Gasteiger partial charge on any atom is 0.312 e. The second-order valence-electron chi connectivity index (χ2n) is 9.50. The van der Waals surface area contributed by atoms with Gasteiger partial charge in [0.25, 0.3) is 11.8 Å². The highest BCUT2D eigenvalue weighted by Gasteiger charge is 2.55. The Kier molecular flexibility index (Phi) is 6.21. The summed E-state index contributed by atoms with van der Waals surface area (Å²) in [7, 11) is 0. The van der Waals surface area contributed by atoms with Crippen molar-refractivity contribution in [3.8, 4) is 0 Å². The Morgan fingerprint density at radius 1 is 0.935 bits per heavy atom. The fraction of sp³-hybridized carbons (Fsp3) is 0.625. The molecule has 31 heavy (non-hydrogen) atoms. The number of hydrogen-bond acceptors (Lipinski definition) is 5. The minimum absolute atomic E-state index is 0.236. The van der Waals surface area contributed by atoms with Crippen LogP contribution in [0.3, 0.4) is 0 Å². The predicted octanol–water partition coefficient (Wildman–Crippen LogP) is 3.05. The van der Waals surface area contributed by atoms with Crippen molar-refractivity contribution in [2.24, 2.45) is 23.2 Å². The predicted molar refractivity (Wildman–Crippen MR) is 117 cm³/mol. The number of rotatable bonds is 7. The SMILES string of the molecule is CCN(CC)c1ccc(C(=O)NNC(=O)COC(=O)C23CC4CC(CC(C4)C2)C3)cc1. The van der Waals surface area contributed by atoms with Crippen LogP contribution in [-0.4, -0.2) is 37.5 Å². The van der Waals surface area contributed by atoms with Crippen molar-refractivity contribution in [3.05, 3.63) is 29.8 Å². The van der Waals surface area contributed by atoms with E-state index in [1.807, 2.05) is 12.1 Å². The lowest BCUT2D eigenvalue weighted by Crippen LogP contribution is -2.51. The van der Waals surface area contributed by atoms with Gasteiger partial charge in [0, 0.05) is 24.3 Å². The average Bonchev–Trinajstić information content (AvgIpc) is 2.76. The molecule has 4 saturated carbocycles. The van der Waals surface area contributed by atoms with E-state index in [9.17, 15) is 14.4 Å². The Balaban J connectivity index is 1.23. The standard InChI is InChI=1S/C24H33N3O4/c1-3-27(4-2)20-7-5-19(6-8-20)22(29)26-25-21(28)15-31-23(30)24-12-16-9-17(13-24)11-18(10-16)14-24/h5-8,16-18H,3-4,9-15H2,1-2H3,(H,25,28)(H,26,29). The third-order valence-electron chi connectivity index (χ3n) is 7.38. The van der Waals surface area contributed by atoms with Gasteiger partial charge in [0.1, 0.15) is 0 Å². The van der Waals surface area contributed by atoms with Crippen LogP contribution in [-0.2, 0) is 14.3 Å². The van der Waals surface area contributed by atoms with Gasteiger partial charge in [-0.25, -0.2) is 0 Å². The number of nitrogens with one attached hydrogen (secondary N) is 2. The fourth-order valence-corrected chi connectivity index (χ4v) is 6.29. The molecule has 168 valence electrons. The molecule has 1 aromatic carbocycles. The second kappa shape index (κ2) is 8.89. The summed E-state index contributed by atoms with van der Waals surface area (Å²) >= 11 is 0. The van der Waals surface area contributed by atoms with Gasteiger partial charge in [-0.1, -0.05) is 0 Å². The Labute approximate surface area is 183 Å². The van der Waals surface area contributed by atoms with E-state index in [-0.39, 0.29) is 18.0 Å². The number of nitrogens with zero attached hydrogens (tertiary/aromatic N) is 1. The molecule has 4 aliphatic carbocycles. The summed E-state index contributed by atoms with van der Waals surface area (Å²) in [4.78, 5) is 39.4. The monoisotopic (exact) mass is 427 g/mol. The Hall–Kier alpha value is -2.57. The normalized spacial score (nSPS) is 28.1. The molecular formula is C24H33N3O4. The summed E-state index contributed by atoms with van der Waals surface area (Å²) < 4.78 is 5.39. The molecule has 4 aliphatic rings. The van der Waals surface area contributed by atoms with Gasteiger partial charge in [-0.05, 0) is 94.4 Å². The second-order valence-corrected chi connectivity index (χ2v) is 9.50. The summed E-state index contributed by atoms with van der Waals surface area (Å²) in [5.41, 5.74) is 5.84. The van der Waals surface area contributed by atoms with Crippen molar-refractivity contribution in [2.45, 2.75) is 52.4 Å². The third kappa shape index (κ3) is 4.55. The fourth-order valence-electron chi connectivity index (χ4n) is 6.29. The molecule has 0 heterocycles. The van der Waals surface area contributed by atoms with Crippen molar-refractivity contribution >= 4 is 23.5 Å². The molecule has 2 N–H and O–H groups in total. The zero-order valence-corrected chi connectivity index (χ0v) is 18.5. The first kappa shape index (κ1) is 21.7. The number of hydrogen-bond donors (Lipinski definition) is 2. The Bertz CT molecular complexity index is 796. The summed E-state index contributed by atoms with van der Waals surface area (Å²) in [5, 5.41) is 0. The quantitative estimate of drug-likeness (QED) is 0.516. The highest BCUT2D eigenvalue weighted by atomic mass is 16.5. The van der Waals surface area contributed by atoms with Crippen LogP contribution >= 0.6 is 0 Å². The molecule has 0 saturated heterocycles. The first-order valence-corrected chi connectivity index (χ1v) is 11.5. The molecule has 7 nitrogen and oxygen atoms in total. The van der Waals surface area contributed by atoms with Gasteiger partial charge in [0.15, 0.2) is 6.61 Å². The van der Waals surface area contributed by atoms with Crippen LogP contribution in [0.2, 0.25) is 0 Å². The highest BCUT2D eigenvalue weighted by Crippen LogP contribution is 2.60. The number of carbonyl (C=O) groups excluding carboxylic acids is 3. The zero-order valence-electron chi connectivity index (χ0n) is 18.5. The number of amides is 2. The van der Waals surface area contributed by atoms with Gasteiger partial charge in [-0.2, -0.15) is 0 Å². The maximum absolute atomic E-state index is 12.8. The van der Waals surface area contributed by atoms with Gasteiger partial charge in [-0.15, -0.1) is 0 Å². The molecule has 0 unspecified atom stereocenters. The molecular weight excluding hydrogens is 394 g/mol. The Morgan fingerprint density at radius 2 is 1.48 bits per heavy atom. The van der Waals surface area contributed by atoms with E-state index in [1.165, 1.54) is 19.3 Å². The minimum atomic E-state index is -0.536. The van der Waals surface area contributed by atoms with Gasteiger partial charge in [-0.3, -0.25) is 25.2 Å². The largest absolute Gasteiger partial charge is 0.455 e. The van der Waals surface area contributed by atoms with E-state index in [4.69, 9.17) is 4.74 Å². The number of ether oxygens (including phenoxy) is 1. The van der Waals surface area contributed by atoms with Gasteiger partial charge in [0.2, 0.25) is 0 Å². The number of benzene rings is 1. The topological polar surface area (TPSA) is 87.7 Å². The number of hydrazine groups is 1. The highest BCUT2D eigenvalue weighted by molar-refractivity contribution is 5.96. The van der Waals surface area contributed by atoms with E-state index in [0.29, 0.717) is 23.3 Å². The molecule has 0 aliphatic heterocycles. The molecule has 7 heteroatoms. The van der Waals surface area contributed by atoms with Crippen molar-refractivity contribution in [3.63, 3.8) is 0 Å². The summed E-state index contributed by atoms with van der Waals surface area (Å²) in [6.07, 6.45) is 6.44. The molecule has 2 amide bonds. The number of carbonyl (C=O) groups is 3. The van der Waals surface area contributed by atoms with Gasteiger partial charge < -0.3 is 9.64 Å². The lowest BCUT2D eigenvalue weighted by Gasteiger charge is -2.55. The zero-order chi connectivity index (χ0) is 22.0. The molecule has 4 fully saturated rings. The van der Waals surface area contributed by atoms with Crippen LogP contribution in [0.4, 0.5) is 5.69 Å². The molecule has 0 spiro atoms. The van der Waals surface area contributed by atoms with Crippen LogP contribution in [0.1, 0.15) is 62.7 Å². The van der Waals surface area contributed by atoms with E-state index >= 15 is 0 Å². The van der Waals surface area contributed by atoms with Crippen molar-refractivity contribution < 1.29 is 19.1 Å². The lowest BCUT2D eigenvalue weighted by atomic mass is 9.49. The Morgan fingerprint density at radius 3 is 2.00 bits per heavy atom. The maximum atomic E-state index is 12.8. The lowest BCUT2D eigenvalue weighted by molar-refractivity contribution is -0.173. The van der Waals surface area contributed by atoms with Crippen LogP contribution in [0, 0.1) is 23.2 Å². The van der Waals surface area contributed by atoms with Gasteiger partial charge in [0.05, 0.1) is 5.41 Å². The van der Waals surface area contributed by atoms with E-state index in [1.54, 1.807) is 12.1 Å². The first-order valence-electron chi connectivity index (χ1n) is 11.5. The first-order chi connectivity index (χ1) is 14.9. The number of esters is 1. The van der Waals surface area contributed by atoms with Crippen LogP contribution < -0.4 is 15.8 Å². The van der Waals surface area contributed by atoms with Crippen molar-refractivity contribution in [2.75, 3.05) is 24.6 Å².